The van der Waals surface area contributed by atoms with Crippen LogP contribution in [0.2, 0.25) is 5.02 Å². The lowest BCUT2D eigenvalue weighted by atomic mass is 10.0. The van der Waals surface area contributed by atoms with Gasteiger partial charge in [-0.1, -0.05) is 29.8 Å². The standard InChI is InChI=1S/C15H17ClN2O3/c1-20-5-4-18-14(13(16)7-17-18)15(19)10-2-3-11-8-21-9-12(11)6-10/h2-3,6-7,15,19H,4-5,8-9H2,1H3. The first-order valence-electron chi connectivity index (χ1n) is 6.78. The molecule has 112 valence electrons. The number of aliphatic hydroxyl groups is 1. The van der Waals surface area contributed by atoms with Gasteiger partial charge in [0.1, 0.15) is 6.10 Å². The zero-order valence-electron chi connectivity index (χ0n) is 11.8. The summed E-state index contributed by atoms with van der Waals surface area (Å²) in [6, 6.07) is 5.86. The van der Waals surface area contributed by atoms with Crippen molar-refractivity contribution in [3.63, 3.8) is 0 Å². The summed E-state index contributed by atoms with van der Waals surface area (Å²) in [7, 11) is 1.63. The van der Waals surface area contributed by atoms with Crippen LogP contribution in [0.4, 0.5) is 0 Å². The quantitative estimate of drug-likeness (QED) is 0.921. The number of hydrogen-bond donors (Lipinski definition) is 1. The number of rotatable bonds is 5. The van der Waals surface area contributed by atoms with E-state index >= 15 is 0 Å². The third-order valence-corrected chi connectivity index (χ3v) is 3.95. The van der Waals surface area contributed by atoms with E-state index < -0.39 is 6.10 Å². The minimum Gasteiger partial charge on any atom is -0.383 e. The van der Waals surface area contributed by atoms with Crippen molar-refractivity contribution in [2.24, 2.45) is 0 Å². The number of methoxy groups -OCH3 is 1. The fraction of sp³-hybridized carbons (Fsp3) is 0.400. The van der Waals surface area contributed by atoms with E-state index in [1.54, 1.807) is 18.0 Å². The predicted molar refractivity (Wildman–Crippen MR) is 78.1 cm³/mol. The van der Waals surface area contributed by atoms with Crippen LogP contribution in [0, 0.1) is 0 Å². The van der Waals surface area contributed by atoms with Crippen LogP contribution in [0.5, 0.6) is 0 Å². The lowest BCUT2D eigenvalue weighted by molar-refractivity contribution is 0.134. The van der Waals surface area contributed by atoms with Crippen LogP contribution >= 0.6 is 11.6 Å². The molecule has 0 radical (unpaired) electrons. The molecule has 0 saturated heterocycles. The molecule has 2 heterocycles. The zero-order chi connectivity index (χ0) is 14.8. The van der Waals surface area contributed by atoms with E-state index in [4.69, 9.17) is 21.1 Å². The average Bonchev–Trinajstić information content (AvgIpc) is 3.10. The molecule has 0 fully saturated rings. The number of benzene rings is 1. The fourth-order valence-corrected chi connectivity index (χ4v) is 2.76. The molecule has 1 atom stereocenters. The Labute approximate surface area is 128 Å². The van der Waals surface area contributed by atoms with Gasteiger partial charge in [0.05, 0.1) is 43.3 Å². The van der Waals surface area contributed by atoms with Crippen LogP contribution in [0.25, 0.3) is 0 Å². The monoisotopic (exact) mass is 308 g/mol. The third kappa shape index (κ3) is 2.82. The first-order chi connectivity index (χ1) is 10.2. The van der Waals surface area contributed by atoms with E-state index in [-0.39, 0.29) is 0 Å². The highest BCUT2D eigenvalue weighted by molar-refractivity contribution is 6.31. The molecule has 3 rings (SSSR count). The van der Waals surface area contributed by atoms with E-state index in [1.807, 2.05) is 18.2 Å². The highest BCUT2D eigenvalue weighted by Crippen LogP contribution is 2.31. The zero-order valence-corrected chi connectivity index (χ0v) is 12.5. The molecule has 1 aromatic heterocycles. The van der Waals surface area contributed by atoms with Crippen molar-refractivity contribution in [3.8, 4) is 0 Å². The van der Waals surface area contributed by atoms with Crippen LogP contribution in [-0.4, -0.2) is 28.6 Å². The molecular weight excluding hydrogens is 292 g/mol. The summed E-state index contributed by atoms with van der Waals surface area (Å²) in [4.78, 5) is 0. The minimum absolute atomic E-state index is 0.454. The van der Waals surface area contributed by atoms with Gasteiger partial charge in [-0.15, -0.1) is 0 Å². The van der Waals surface area contributed by atoms with Crippen molar-refractivity contribution >= 4 is 11.6 Å². The topological polar surface area (TPSA) is 56.5 Å². The highest BCUT2D eigenvalue weighted by Gasteiger charge is 2.21. The smallest absolute Gasteiger partial charge is 0.122 e. The van der Waals surface area contributed by atoms with Gasteiger partial charge in [0, 0.05) is 7.11 Å². The number of aliphatic hydroxyl groups excluding tert-OH is 1. The lowest BCUT2D eigenvalue weighted by Gasteiger charge is -2.15. The normalized spacial score (nSPS) is 15.2. The molecule has 1 aromatic carbocycles. The molecule has 1 aliphatic heterocycles. The molecule has 6 heteroatoms. The summed E-state index contributed by atoms with van der Waals surface area (Å²) in [5.74, 6) is 0. The fourth-order valence-electron chi connectivity index (χ4n) is 2.52. The maximum atomic E-state index is 10.6. The second-order valence-corrected chi connectivity index (χ2v) is 5.42. The molecule has 0 aliphatic carbocycles. The number of aromatic nitrogens is 2. The third-order valence-electron chi connectivity index (χ3n) is 3.66. The maximum absolute atomic E-state index is 10.6. The average molecular weight is 309 g/mol. The van der Waals surface area contributed by atoms with E-state index in [2.05, 4.69) is 5.10 Å². The summed E-state index contributed by atoms with van der Waals surface area (Å²) in [6.45, 7) is 2.28. The summed E-state index contributed by atoms with van der Waals surface area (Å²) in [5.41, 5.74) is 3.67. The Hall–Kier alpha value is -1.40. The molecule has 2 aromatic rings. The minimum atomic E-state index is -0.817. The second kappa shape index (κ2) is 6.15. The molecule has 5 nitrogen and oxygen atoms in total. The first-order valence-corrected chi connectivity index (χ1v) is 7.16. The van der Waals surface area contributed by atoms with Crippen molar-refractivity contribution in [3.05, 3.63) is 51.8 Å². The van der Waals surface area contributed by atoms with Crippen LogP contribution in [0.15, 0.2) is 24.4 Å². The second-order valence-electron chi connectivity index (χ2n) is 5.02. The van der Waals surface area contributed by atoms with Gasteiger partial charge in [-0.3, -0.25) is 4.68 Å². The number of ether oxygens (including phenoxy) is 2. The van der Waals surface area contributed by atoms with E-state index in [9.17, 15) is 5.11 Å². The van der Waals surface area contributed by atoms with Crippen LogP contribution < -0.4 is 0 Å². The Balaban J connectivity index is 1.91. The van der Waals surface area contributed by atoms with Crippen molar-refractivity contribution in [1.82, 2.24) is 9.78 Å². The van der Waals surface area contributed by atoms with Crippen molar-refractivity contribution < 1.29 is 14.6 Å². The Morgan fingerprint density at radius 1 is 1.43 bits per heavy atom. The highest BCUT2D eigenvalue weighted by atomic mass is 35.5. The van der Waals surface area contributed by atoms with E-state index in [0.717, 1.165) is 11.1 Å². The van der Waals surface area contributed by atoms with Gasteiger partial charge in [0.25, 0.3) is 0 Å². The van der Waals surface area contributed by atoms with Crippen molar-refractivity contribution in [2.45, 2.75) is 25.9 Å². The van der Waals surface area contributed by atoms with Gasteiger partial charge < -0.3 is 14.6 Å². The number of hydrogen-bond acceptors (Lipinski definition) is 4. The van der Waals surface area contributed by atoms with Crippen LogP contribution in [0.3, 0.4) is 0 Å². The molecule has 1 unspecified atom stereocenters. The summed E-state index contributed by atoms with van der Waals surface area (Å²) in [6.07, 6.45) is 0.731. The Kier molecular flexibility index (Phi) is 4.26. The lowest BCUT2D eigenvalue weighted by Crippen LogP contribution is -2.13. The van der Waals surface area contributed by atoms with E-state index in [1.165, 1.54) is 5.56 Å². The maximum Gasteiger partial charge on any atom is 0.122 e. The van der Waals surface area contributed by atoms with E-state index in [0.29, 0.717) is 37.1 Å². The number of halogens is 1. The van der Waals surface area contributed by atoms with Gasteiger partial charge in [0.15, 0.2) is 0 Å². The van der Waals surface area contributed by atoms with Gasteiger partial charge in [-0.05, 0) is 16.7 Å². The molecule has 0 spiro atoms. The Morgan fingerprint density at radius 3 is 3.05 bits per heavy atom. The van der Waals surface area contributed by atoms with Crippen LogP contribution in [-0.2, 0) is 29.2 Å². The van der Waals surface area contributed by atoms with Gasteiger partial charge in [0.2, 0.25) is 0 Å². The number of fused-ring (bicyclic) bond motifs is 1. The predicted octanol–water partition coefficient (Wildman–Crippen LogP) is 2.29. The van der Waals surface area contributed by atoms with Crippen molar-refractivity contribution in [2.75, 3.05) is 13.7 Å². The molecule has 1 N–H and O–H groups in total. The largest absolute Gasteiger partial charge is 0.383 e. The Morgan fingerprint density at radius 2 is 2.24 bits per heavy atom. The molecule has 21 heavy (non-hydrogen) atoms. The van der Waals surface area contributed by atoms with Crippen molar-refractivity contribution in [1.29, 1.82) is 0 Å². The van der Waals surface area contributed by atoms with Gasteiger partial charge in [-0.25, -0.2) is 0 Å². The molecule has 0 amide bonds. The molecule has 0 saturated carbocycles. The Bertz CT molecular complexity index is 642. The van der Waals surface area contributed by atoms with Gasteiger partial charge in [-0.2, -0.15) is 5.10 Å². The molecule has 0 bridgehead atoms. The molecule has 1 aliphatic rings. The molecular formula is C15H17ClN2O3. The number of nitrogens with zero attached hydrogens (tertiary/aromatic N) is 2. The van der Waals surface area contributed by atoms with Crippen LogP contribution in [0.1, 0.15) is 28.5 Å². The summed E-state index contributed by atoms with van der Waals surface area (Å²) >= 11 is 6.18. The summed E-state index contributed by atoms with van der Waals surface area (Å²) < 4.78 is 12.1. The SMILES string of the molecule is COCCn1ncc(Cl)c1C(O)c1ccc2c(c1)COC2. The van der Waals surface area contributed by atoms with Gasteiger partial charge >= 0.3 is 0 Å². The summed E-state index contributed by atoms with van der Waals surface area (Å²) in [5, 5.41) is 15.3. The first kappa shape index (κ1) is 14.5.